The molecule has 0 radical (unpaired) electrons. The number of aliphatic carboxylic acids is 1. The predicted molar refractivity (Wildman–Crippen MR) is 93.5 cm³/mol. The number of aliphatic imine (C=N–C) groups is 1. The average molecular weight is 343 g/mol. The first-order valence-electron chi connectivity index (χ1n) is 8.35. The van der Waals surface area contributed by atoms with E-state index < -0.39 is 18.6 Å². The molecule has 2 unspecified atom stereocenters. The second-order valence-electron chi connectivity index (χ2n) is 6.23. The minimum atomic E-state index is -1.38. The van der Waals surface area contributed by atoms with Crippen LogP contribution < -0.4 is 11.5 Å². The van der Waals surface area contributed by atoms with Gasteiger partial charge in [0, 0.05) is 45.7 Å². The molecular weight excluding hydrogens is 313 g/mol. The largest absolute Gasteiger partial charge is 0.480 e. The van der Waals surface area contributed by atoms with Crippen LogP contribution in [0.15, 0.2) is 4.99 Å². The molecule has 0 aromatic heterocycles. The third-order valence-corrected chi connectivity index (χ3v) is 4.58. The number of carboxylic acid groups (broad SMARTS) is 1. The maximum atomic E-state index is 11.7. The predicted octanol–water partition coefficient (Wildman–Crippen LogP) is -1.78. The van der Waals surface area contributed by atoms with E-state index in [-0.39, 0.29) is 18.8 Å². The Bertz CT molecular complexity index is 451. The lowest BCUT2D eigenvalue weighted by Crippen LogP contribution is -2.55. The van der Waals surface area contributed by atoms with Crippen LogP contribution in [0.25, 0.3) is 0 Å². The lowest BCUT2D eigenvalue weighted by Gasteiger charge is -2.31. The van der Waals surface area contributed by atoms with Crippen molar-refractivity contribution in [3.63, 3.8) is 0 Å². The summed E-state index contributed by atoms with van der Waals surface area (Å²) in [6, 6.07) is 0. The van der Waals surface area contributed by atoms with Crippen molar-refractivity contribution in [1.29, 1.82) is 0 Å². The number of likely N-dealkylation sites (tertiary alicyclic amines) is 1. The number of rotatable bonds is 8. The maximum Gasteiger partial charge on any atom is 0.451 e. The molecule has 0 amide bonds. The summed E-state index contributed by atoms with van der Waals surface area (Å²) < 4.78 is 0. The highest BCUT2D eigenvalue weighted by Crippen LogP contribution is 2.31. The van der Waals surface area contributed by atoms with E-state index in [0.29, 0.717) is 45.0 Å². The van der Waals surface area contributed by atoms with Crippen LogP contribution in [0.2, 0.25) is 6.32 Å². The molecule has 0 aliphatic carbocycles. The molecule has 1 rings (SSSR count). The van der Waals surface area contributed by atoms with Crippen LogP contribution in [-0.4, -0.2) is 89.3 Å². The van der Waals surface area contributed by atoms with Gasteiger partial charge in [-0.2, -0.15) is 0 Å². The summed E-state index contributed by atoms with van der Waals surface area (Å²) in [6.45, 7) is 4.45. The molecule has 0 spiro atoms. The minimum absolute atomic E-state index is 0.169. The van der Waals surface area contributed by atoms with Gasteiger partial charge < -0.3 is 36.4 Å². The van der Waals surface area contributed by atoms with Crippen LogP contribution in [0.5, 0.6) is 0 Å². The van der Waals surface area contributed by atoms with Crippen molar-refractivity contribution in [3.8, 4) is 0 Å². The van der Waals surface area contributed by atoms with E-state index in [2.05, 4.69) is 4.99 Å². The molecule has 0 saturated carbocycles. The van der Waals surface area contributed by atoms with E-state index in [0.717, 1.165) is 0 Å². The smallest absolute Gasteiger partial charge is 0.451 e. The number of hydrogen-bond acceptors (Lipinski definition) is 6. The molecule has 7 N–H and O–H groups in total. The number of carboxylic acids is 1. The molecule has 138 valence electrons. The molecule has 1 fully saturated rings. The van der Waals surface area contributed by atoms with Gasteiger partial charge >= 0.3 is 13.1 Å². The van der Waals surface area contributed by atoms with Crippen molar-refractivity contribution < 1.29 is 19.9 Å². The lowest BCUT2D eigenvalue weighted by molar-refractivity contribution is -0.144. The molecule has 2 atom stereocenters. The Morgan fingerprint density at radius 2 is 2.17 bits per heavy atom. The van der Waals surface area contributed by atoms with Crippen molar-refractivity contribution >= 4 is 19.0 Å². The SMILES string of the molecule is CCN(CCN)C(=NC)N1CC(CCCB(O)O)C(N)(C(=O)O)C1. The van der Waals surface area contributed by atoms with E-state index in [1.54, 1.807) is 7.05 Å². The fraction of sp³-hybridized carbons (Fsp3) is 0.857. The standard InChI is InChI=1S/C14H30BN5O4/c1-3-19(8-7-16)13(18-2)20-9-11(5-4-6-15(23)24)14(17,10-20)12(21)22/h11,23-24H,3-10,16-17H2,1-2H3,(H,21,22). The highest BCUT2D eigenvalue weighted by atomic mass is 16.4. The van der Waals surface area contributed by atoms with Gasteiger partial charge in [-0.25, -0.2) is 0 Å². The minimum Gasteiger partial charge on any atom is -0.480 e. The average Bonchev–Trinajstić information content (AvgIpc) is 2.85. The Kier molecular flexibility index (Phi) is 7.94. The van der Waals surface area contributed by atoms with E-state index >= 15 is 0 Å². The molecule has 24 heavy (non-hydrogen) atoms. The molecule has 1 saturated heterocycles. The highest BCUT2D eigenvalue weighted by Gasteiger charge is 2.50. The van der Waals surface area contributed by atoms with Gasteiger partial charge in [0.1, 0.15) is 5.54 Å². The normalized spacial score (nSPS) is 24.3. The van der Waals surface area contributed by atoms with Crippen molar-refractivity contribution in [2.24, 2.45) is 22.4 Å². The first-order valence-corrected chi connectivity index (χ1v) is 8.35. The van der Waals surface area contributed by atoms with Crippen molar-refractivity contribution in [2.45, 2.75) is 31.6 Å². The summed E-state index contributed by atoms with van der Waals surface area (Å²) in [4.78, 5) is 19.9. The Balaban J connectivity index is 2.90. The molecule has 0 aromatic carbocycles. The summed E-state index contributed by atoms with van der Waals surface area (Å²) >= 11 is 0. The van der Waals surface area contributed by atoms with Crippen LogP contribution in [0, 0.1) is 5.92 Å². The first kappa shape index (κ1) is 20.7. The van der Waals surface area contributed by atoms with Gasteiger partial charge in [-0.15, -0.1) is 0 Å². The fourth-order valence-electron chi connectivity index (χ4n) is 3.27. The quantitative estimate of drug-likeness (QED) is 0.197. The Hall–Kier alpha value is -1.36. The van der Waals surface area contributed by atoms with Gasteiger partial charge in [0.15, 0.2) is 5.96 Å². The van der Waals surface area contributed by atoms with E-state index in [9.17, 15) is 9.90 Å². The van der Waals surface area contributed by atoms with Crippen molar-refractivity contribution in [2.75, 3.05) is 39.8 Å². The summed E-state index contributed by atoms with van der Waals surface area (Å²) in [5.41, 5.74) is 10.5. The van der Waals surface area contributed by atoms with Gasteiger partial charge in [0.25, 0.3) is 0 Å². The summed E-state index contributed by atoms with van der Waals surface area (Å²) in [6.07, 6.45) is 1.22. The van der Waals surface area contributed by atoms with Crippen molar-refractivity contribution in [1.82, 2.24) is 9.80 Å². The molecule has 10 heteroatoms. The molecule has 0 aromatic rings. The van der Waals surface area contributed by atoms with E-state index in [1.165, 1.54) is 0 Å². The summed E-state index contributed by atoms with van der Waals surface area (Å²) in [5, 5.41) is 27.5. The number of nitrogens with zero attached hydrogens (tertiary/aromatic N) is 3. The van der Waals surface area contributed by atoms with Crippen LogP contribution in [-0.2, 0) is 4.79 Å². The third kappa shape index (κ3) is 4.82. The first-order chi connectivity index (χ1) is 11.3. The number of nitrogens with two attached hydrogens (primary N) is 2. The van der Waals surface area contributed by atoms with Crippen molar-refractivity contribution in [3.05, 3.63) is 0 Å². The number of hydrogen-bond donors (Lipinski definition) is 5. The van der Waals surface area contributed by atoms with Gasteiger partial charge in [0.05, 0.1) is 0 Å². The molecule has 0 bridgehead atoms. The lowest BCUT2D eigenvalue weighted by atomic mass is 9.78. The van der Waals surface area contributed by atoms with Gasteiger partial charge in [0.2, 0.25) is 0 Å². The Morgan fingerprint density at radius 3 is 2.62 bits per heavy atom. The molecule has 1 aliphatic rings. The van der Waals surface area contributed by atoms with Gasteiger partial charge in [-0.05, 0) is 19.7 Å². The monoisotopic (exact) mass is 343 g/mol. The van der Waals surface area contributed by atoms with E-state index in [1.807, 2.05) is 16.7 Å². The highest BCUT2D eigenvalue weighted by molar-refractivity contribution is 6.40. The number of guanidine groups is 1. The summed E-state index contributed by atoms with van der Waals surface area (Å²) in [7, 11) is 0.288. The molecule has 9 nitrogen and oxygen atoms in total. The topological polar surface area (TPSA) is 149 Å². The second kappa shape index (κ2) is 9.21. The second-order valence-corrected chi connectivity index (χ2v) is 6.23. The zero-order chi connectivity index (χ0) is 18.3. The molecule has 1 heterocycles. The van der Waals surface area contributed by atoms with Crippen LogP contribution in [0.1, 0.15) is 19.8 Å². The van der Waals surface area contributed by atoms with Gasteiger partial charge in [-0.3, -0.25) is 9.79 Å². The number of carbonyl (C=O) groups is 1. The summed E-state index contributed by atoms with van der Waals surface area (Å²) in [5.74, 6) is -0.636. The van der Waals surface area contributed by atoms with Crippen LogP contribution in [0.4, 0.5) is 0 Å². The zero-order valence-corrected chi connectivity index (χ0v) is 14.6. The fourth-order valence-corrected chi connectivity index (χ4v) is 3.27. The Labute approximate surface area is 143 Å². The molecule has 1 aliphatic heterocycles. The van der Waals surface area contributed by atoms with E-state index in [4.69, 9.17) is 21.5 Å². The Morgan fingerprint density at radius 1 is 1.50 bits per heavy atom. The maximum absolute atomic E-state index is 11.7. The molecular formula is C14H30BN5O4. The zero-order valence-electron chi connectivity index (χ0n) is 14.6. The van der Waals surface area contributed by atoms with Crippen LogP contribution in [0.3, 0.4) is 0 Å². The van der Waals surface area contributed by atoms with Gasteiger partial charge in [-0.1, -0.05) is 6.42 Å². The third-order valence-electron chi connectivity index (χ3n) is 4.58. The van der Waals surface area contributed by atoms with Crippen LogP contribution >= 0.6 is 0 Å². The number of likely N-dealkylation sites (N-methyl/N-ethyl adjacent to an activating group) is 1.